The summed E-state index contributed by atoms with van der Waals surface area (Å²) < 4.78 is 40.0. The number of fused-ring (bicyclic) bond motifs is 1. The normalized spacial score (nSPS) is 22.8. The summed E-state index contributed by atoms with van der Waals surface area (Å²) in [5.74, 6) is 0.362. The van der Waals surface area contributed by atoms with Crippen molar-refractivity contribution in [3.63, 3.8) is 0 Å². The number of rotatable bonds is 5. The van der Waals surface area contributed by atoms with Gasteiger partial charge in [-0.05, 0) is 49.7 Å². The second-order valence-electron chi connectivity index (χ2n) is 8.81. The third-order valence-corrected chi connectivity index (χ3v) is 7.68. The van der Waals surface area contributed by atoms with Crippen LogP contribution in [0.2, 0.25) is 0 Å². The van der Waals surface area contributed by atoms with Crippen molar-refractivity contribution in [2.45, 2.75) is 37.8 Å². The van der Waals surface area contributed by atoms with Gasteiger partial charge in [0.1, 0.15) is 12.4 Å². The van der Waals surface area contributed by atoms with Gasteiger partial charge in [0.25, 0.3) is 15.9 Å². The van der Waals surface area contributed by atoms with Crippen LogP contribution in [0.4, 0.5) is 5.69 Å². The molecule has 1 aliphatic heterocycles. The lowest BCUT2D eigenvalue weighted by Crippen LogP contribution is -2.46. The van der Waals surface area contributed by atoms with Crippen molar-refractivity contribution in [2.75, 3.05) is 45.1 Å². The number of likely N-dealkylation sites (N-methyl/N-ethyl adjacent to an activating group) is 2. The van der Waals surface area contributed by atoms with Gasteiger partial charge in [-0.15, -0.1) is 0 Å². The molecule has 2 aromatic carbocycles. The van der Waals surface area contributed by atoms with Crippen molar-refractivity contribution in [3.05, 3.63) is 54.1 Å². The number of ether oxygens (including phenoxy) is 2. The van der Waals surface area contributed by atoms with Crippen molar-refractivity contribution < 1.29 is 22.7 Å². The van der Waals surface area contributed by atoms with E-state index in [1.54, 1.807) is 49.4 Å². The summed E-state index contributed by atoms with van der Waals surface area (Å²) >= 11 is 0. The minimum Gasteiger partial charge on any atom is -0.491 e. The number of hydrogen-bond acceptors (Lipinski definition) is 6. The van der Waals surface area contributed by atoms with E-state index >= 15 is 0 Å². The molecule has 0 aliphatic carbocycles. The topological polar surface area (TPSA) is 88.2 Å². The molecule has 0 saturated heterocycles. The van der Waals surface area contributed by atoms with Crippen molar-refractivity contribution in [1.29, 1.82) is 0 Å². The second kappa shape index (κ2) is 11.2. The Morgan fingerprint density at radius 3 is 2.47 bits per heavy atom. The molecule has 9 heteroatoms. The molecule has 1 aliphatic rings. The molecule has 8 nitrogen and oxygen atoms in total. The van der Waals surface area contributed by atoms with E-state index in [-0.39, 0.29) is 28.9 Å². The number of amides is 1. The molecule has 3 rings (SSSR count). The number of carbonyl (C=O) groups excluding carboxylic acids is 1. The van der Waals surface area contributed by atoms with E-state index in [2.05, 4.69) is 30.4 Å². The highest BCUT2D eigenvalue weighted by Crippen LogP contribution is 2.27. The van der Waals surface area contributed by atoms with Crippen LogP contribution < -0.4 is 9.46 Å². The van der Waals surface area contributed by atoms with Crippen LogP contribution in [0.1, 0.15) is 31.1 Å². The highest BCUT2D eigenvalue weighted by molar-refractivity contribution is 7.92. The summed E-state index contributed by atoms with van der Waals surface area (Å²) in [4.78, 5) is 17.5. The molecular weight excluding hydrogens is 454 g/mol. The first-order chi connectivity index (χ1) is 16.2. The van der Waals surface area contributed by atoms with Gasteiger partial charge in [-0.1, -0.05) is 32.0 Å². The molecule has 3 atom stereocenters. The highest BCUT2D eigenvalue weighted by atomic mass is 32.2. The van der Waals surface area contributed by atoms with Gasteiger partial charge in [0.15, 0.2) is 0 Å². The van der Waals surface area contributed by atoms with Crippen molar-refractivity contribution in [1.82, 2.24) is 9.80 Å². The largest absolute Gasteiger partial charge is 0.491 e. The number of nitrogens with one attached hydrogen (secondary N) is 1. The van der Waals surface area contributed by atoms with E-state index in [1.165, 1.54) is 18.2 Å². The highest BCUT2D eigenvalue weighted by Gasteiger charge is 2.28. The van der Waals surface area contributed by atoms with Crippen LogP contribution in [-0.4, -0.2) is 76.7 Å². The van der Waals surface area contributed by atoms with Crippen LogP contribution >= 0.6 is 0 Å². The Labute approximate surface area is 202 Å². The smallest absolute Gasteiger partial charge is 0.261 e. The molecule has 186 valence electrons. The Kier molecular flexibility index (Phi) is 8.57. The van der Waals surface area contributed by atoms with E-state index in [0.717, 1.165) is 13.1 Å². The molecular formula is C25H35N3O5S. The number of nitrogens with zero attached hydrogens (tertiary/aromatic N) is 2. The van der Waals surface area contributed by atoms with E-state index in [4.69, 9.17) is 9.47 Å². The van der Waals surface area contributed by atoms with Gasteiger partial charge in [0.2, 0.25) is 0 Å². The minimum atomic E-state index is -3.79. The average Bonchev–Trinajstić information content (AvgIpc) is 2.83. The van der Waals surface area contributed by atoms with Crippen molar-refractivity contribution in [2.24, 2.45) is 5.92 Å². The summed E-state index contributed by atoms with van der Waals surface area (Å²) in [6.45, 7) is 8.84. The molecule has 34 heavy (non-hydrogen) atoms. The van der Waals surface area contributed by atoms with Gasteiger partial charge in [0.05, 0.1) is 16.6 Å². The first-order valence-corrected chi connectivity index (χ1v) is 13.0. The number of benzene rings is 2. The van der Waals surface area contributed by atoms with E-state index < -0.39 is 10.0 Å². The Morgan fingerprint density at radius 2 is 1.82 bits per heavy atom. The number of sulfonamides is 1. The third-order valence-electron chi connectivity index (χ3n) is 6.29. The van der Waals surface area contributed by atoms with Crippen LogP contribution in [0.5, 0.6) is 5.75 Å². The van der Waals surface area contributed by atoms with Gasteiger partial charge in [-0.25, -0.2) is 8.42 Å². The maximum absolute atomic E-state index is 13.4. The summed E-state index contributed by atoms with van der Waals surface area (Å²) in [5, 5.41) is 0. The van der Waals surface area contributed by atoms with Crippen LogP contribution in [-0.2, 0) is 14.8 Å². The zero-order valence-corrected chi connectivity index (χ0v) is 21.3. The van der Waals surface area contributed by atoms with Crippen molar-refractivity contribution in [3.8, 4) is 5.75 Å². The monoisotopic (exact) mass is 489 g/mol. The fourth-order valence-electron chi connectivity index (χ4n) is 4.17. The molecule has 0 aromatic heterocycles. The summed E-state index contributed by atoms with van der Waals surface area (Å²) in [6, 6.07) is 13.0. The first-order valence-electron chi connectivity index (χ1n) is 11.5. The van der Waals surface area contributed by atoms with Crippen LogP contribution in [0.3, 0.4) is 0 Å². The fraction of sp³-hybridized carbons (Fsp3) is 0.480. The summed E-state index contributed by atoms with van der Waals surface area (Å²) in [5.41, 5.74) is 0.592. The molecule has 1 amide bonds. The minimum absolute atomic E-state index is 0.126. The van der Waals surface area contributed by atoms with E-state index in [0.29, 0.717) is 30.2 Å². The quantitative estimate of drug-likeness (QED) is 0.693. The van der Waals surface area contributed by atoms with Crippen LogP contribution in [0.15, 0.2) is 53.4 Å². The molecule has 2 aromatic rings. The third kappa shape index (κ3) is 6.08. The van der Waals surface area contributed by atoms with E-state index in [1.807, 2.05) is 0 Å². The molecule has 0 saturated carbocycles. The molecule has 0 spiro atoms. The van der Waals surface area contributed by atoms with Crippen LogP contribution in [0.25, 0.3) is 0 Å². The molecule has 0 radical (unpaired) electrons. The Bertz CT molecular complexity index is 1080. The van der Waals surface area contributed by atoms with Gasteiger partial charge in [-0.3, -0.25) is 14.4 Å². The predicted molar refractivity (Wildman–Crippen MR) is 133 cm³/mol. The number of methoxy groups -OCH3 is 1. The van der Waals surface area contributed by atoms with Gasteiger partial charge in [0, 0.05) is 39.0 Å². The van der Waals surface area contributed by atoms with Gasteiger partial charge in [-0.2, -0.15) is 0 Å². The van der Waals surface area contributed by atoms with Gasteiger partial charge >= 0.3 is 0 Å². The molecule has 0 fully saturated rings. The standard InChI is InChI=1S/C25H35N3O5S/c1-6-28-15-18(2)24(32-5)16-27(4)25(29)22-14-20(12-13-23(22)33-17-19(28)3)26-34(30,31)21-10-8-7-9-11-21/h7-14,18-19,24,26H,6,15-17H2,1-5H3/t18-,19-,24-/m1/s1. The Hall–Kier alpha value is -2.62. The molecule has 0 bridgehead atoms. The lowest BCUT2D eigenvalue weighted by molar-refractivity contribution is 0.0116. The number of carbonyl (C=O) groups is 1. The second-order valence-corrected chi connectivity index (χ2v) is 10.5. The molecule has 1 N–H and O–H groups in total. The number of anilines is 1. The summed E-state index contributed by atoms with van der Waals surface area (Å²) in [6.07, 6.45) is -0.140. The fourth-order valence-corrected chi connectivity index (χ4v) is 5.24. The number of hydrogen-bond donors (Lipinski definition) is 1. The lowest BCUT2D eigenvalue weighted by atomic mass is 10.0. The molecule has 1 heterocycles. The lowest BCUT2D eigenvalue weighted by Gasteiger charge is -2.35. The summed E-state index contributed by atoms with van der Waals surface area (Å²) in [7, 11) is -0.408. The first kappa shape index (κ1) is 26.0. The zero-order valence-electron chi connectivity index (χ0n) is 20.5. The van der Waals surface area contributed by atoms with Crippen LogP contribution in [0, 0.1) is 5.92 Å². The Morgan fingerprint density at radius 1 is 1.12 bits per heavy atom. The van der Waals surface area contributed by atoms with E-state index in [9.17, 15) is 13.2 Å². The van der Waals surface area contributed by atoms with Gasteiger partial charge < -0.3 is 14.4 Å². The van der Waals surface area contributed by atoms with Crippen molar-refractivity contribution >= 4 is 21.6 Å². The zero-order chi connectivity index (χ0) is 24.9. The SMILES string of the molecule is CCN1C[C@@H](C)[C@H](OC)CN(C)C(=O)c2cc(NS(=O)(=O)c3ccccc3)ccc2OC[C@H]1C. The Balaban J connectivity index is 1.96. The average molecular weight is 490 g/mol. The maximum Gasteiger partial charge on any atom is 0.261 e. The maximum atomic E-state index is 13.4. The predicted octanol–water partition coefficient (Wildman–Crippen LogP) is 3.31. The molecule has 0 unspecified atom stereocenters.